The normalized spacial score (nSPS) is 13.9. The molecule has 0 atom stereocenters. The zero-order valence-electron chi connectivity index (χ0n) is 9.77. The lowest BCUT2D eigenvalue weighted by atomic mass is 10.1. The van der Waals surface area contributed by atoms with Crippen molar-refractivity contribution >= 4 is 11.6 Å². The average Bonchev–Trinajstić information content (AvgIpc) is 2.76. The highest BCUT2D eigenvalue weighted by molar-refractivity contribution is 5.99. The maximum atomic E-state index is 11.5. The second-order valence-corrected chi connectivity index (χ2v) is 3.80. The first-order valence-electron chi connectivity index (χ1n) is 5.65. The summed E-state index contributed by atoms with van der Waals surface area (Å²) in [5.41, 5.74) is 1.96. The molecule has 0 aromatic heterocycles. The SMILES string of the molecule is C/C=C/C=C/C(=O)Nc1ccc2c(c1)CCO2. The fourth-order valence-corrected chi connectivity index (χ4v) is 1.70. The van der Waals surface area contributed by atoms with E-state index in [4.69, 9.17) is 4.74 Å². The third kappa shape index (κ3) is 2.97. The van der Waals surface area contributed by atoms with Crippen molar-refractivity contribution < 1.29 is 9.53 Å². The van der Waals surface area contributed by atoms with Crippen molar-refractivity contribution in [1.29, 1.82) is 0 Å². The molecule has 1 heterocycles. The van der Waals surface area contributed by atoms with Gasteiger partial charge in [0.05, 0.1) is 6.61 Å². The van der Waals surface area contributed by atoms with E-state index in [1.54, 1.807) is 6.08 Å². The van der Waals surface area contributed by atoms with Crippen LogP contribution in [-0.4, -0.2) is 12.5 Å². The molecule has 1 aromatic carbocycles. The van der Waals surface area contributed by atoms with Crippen LogP contribution in [0.4, 0.5) is 5.69 Å². The number of allylic oxidation sites excluding steroid dienone is 3. The molecule has 17 heavy (non-hydrogen) atoms. The molecular formula is C14H15NO2. The van der Waals surface area contributed by atoms with Crippen molar-refractivity contribution in [2.24, 2.45) is 0 Å². The first-order valence-corrected chi connectivity index (χ1v) is 5.65. The van der Waals surface area contributed by atoms with Crippen molar-refractivity contribution in [3.8, 4) is 5.75 Å². The molecule has 1 aliphatic rings. The van der Waals surface area contributed by atoms with Gasteiger partial charge in [-0.25, -0.2) is 0 Å². The molecule has 3 heteroatoms. The summed E-state index contributed by atoms with van der Waals surface area (Å²) in [5, 5.41) is 2.82. The van der Waals surface area contributed by atoms with Gasteiger partial charge in [0.2, 0.25) is 5.91 Å². The maximum absolute atomic E-state index is 11.5. The lowest BCUT2D eigenvalue weighted by molar-refractivity contribution is -0.111. The summed E-state index contributed by atoms with van der Waals surface area (Å²) in [6.07, 6.45) is 7.82. The molecule has 0 radical (unpaired) electrons. The van der Waals surface area contributed by atoms with Crippen LogP contribution in [0.3, 0.4) is 0 Å². The Bertz CT molecular complexity index is 475. The minimum atomic E-state index is -0.123. The molecule has 88 valence electrons. The van der Waals surface area contributed by atoms with E-state index in [0.29, 0.717) is 0 Å². The predicted octanol–water partition coefficient (Wildman–Crippen LogP) is 2.69. The lowest BCUT2D eigenvalue weighted by Gasteiger charge is -2.04. The second-order valence-electron chi connectivity index (χ2n) is 3.80. The molecule has 1 N–H and O–H groups in total. The van der Waals surface area contributed by atoms with Crippen LogP contribution in [-0.2, 0) is 11.2 Å². The van der Waals surface area contributed by atoms with Crippen LogP contribution in [0.15, 0.2) is 42.5 Å². The molecule has 0 fully saturated rings. The van der Waals surface area contributed by atoms with Crippen LogP contribution in [0.5, 0.6) is 5.75 Å². The summed E-state index contributed by atoms with van der Waals surface area (Å²) in [6.45, 7) is 2.64. The van der Waals surface area contributed by atoms with Gasteiger partial charge in [0.25, 0.3) is 0 Å². The molecule has 0 unspecified atom stereocenters. The molecule has 0 spiro atoms. The second kappa shape index (κ2) is 5.34. The Hall–Kier alpha value is -2.03. The number of hydrogen-bond acceptors (Lipinski definition) is 2. The van der Waals surface area contributed by atoms with Crippen LogP contribution >= 0.6 is 0 Å². The number of amides is 1. The largest absolute Gasteiger partial charge is 0.493 e. The molecule has 1 amide bonds. The first kappa shape index (κ1) is 11.5. The van der Waals surface area contributed by atoms with Crippen molar-refractivity contribution in [1.82, 2.24) is 0 Å². The topological polar surface area (TPSA) is 38.3 Å². The third-order valence-corrected chi connectivity index (χ3v) is 2.51. The molecular weight excluding hydrogens is 214 g/mol. The van der Waals surface area contributed by atoms with Crippen molar-refractivity contribution in [2.75, 3.05) is 11.9 Å². The molecule has 0 aliphatic carbocycles. The number of nitrogens with one attached hydrogen (secondary N) is 1. The summed E-state index contributed by atoms with van der Waals surface area (Å²) in [6, 6.07) is 5.71. The number of benzene rings is 1. The summed E-state index contributed by atoms with van der Waals surface area (Å²) in [7, 11) is 0. The number of ether oxygens (including phenoxy) is 1. The van der Waals surface area contributed by atoms with E-state index in [2.05, 4.69) is 5.32 Å². The Morgan fingerprint density at radius 3 is 3.12 bits per heavy atom. The molecule has 0 saturated carbocycles. The maximum Gasteiger partial charge on any atom is 0.248 e. The third-order valence-electron chi connectivity index (χ3n) is 2.51. The van der Waals surface area contributed by atoms with Crippen LogP contribution in [0.2, 0.25) is 0 Å². The molecule has 0 bridgehead atoms. The summed E-state index contributed by atoms with van der Waals surface area (Å²) >= 11 is 0. The van der Waals surface area contributed by atoms with Crippen LogP contribution in [0.25, 0.3) is 0 Å². The van der Waals surface area contributed by atoms with Crippen LogP contribution < -0.4 is 10.1 Å². The Labute approximate surface area is 101 Å². The van der Waals surface area contributed by atoms with Gasteiger partial charge in [-0.15, -0.1) is 0 Å². The van der Waals surface area contributed by atoms with E-state index >= 15 is 0 Å². The molecule has 0 saturated heterocycles. The Morgan fingerprint density at radius 2 is 2.29 bits per heavy atom. The van der Waals surface area contributed by atoms with Gasteiger partial charge < -0.3 is 10.1 Å². The fraction of sp³-hybridized carbons (Fsp3) is 0.214. The fourth-order valence-electron chi connectivity index (χ4n) is 1.70. The van der Waals surface area contributed by atoms with E-state index in [1.165, 1.54) is 6.08 Å². The van der Waals surface area contributed by atoms with E-state index in [0.717, 1.165) is 30.0 Å². The number of fused-ring (bicyclic) bond motifs is 1. The quantitative estimate of drug-likeness (QED) is 0.639. The van der Waals surface area contributed by atoms with Crippen LogP contribution in [0, 0.1) is 0 Å². The van der Waals surface area contributed by atoms with Gasteiger partial charge in [-0.05, 0) is 30.7 Å². The highest BCUT2D eigenvalue weighted by Gasteiger charge is 2.12. The van der Waals surface area contributed by atoms with E-state index in [-0.39, 0.29) is 5.91 Å². The van der Waals surface area contributed by atoms with Crippen molar-refractivity contribution in [2.45, 2.75) is 13.3 Å². The zero-order chi connectivity index (χ0) is 12.1. The van der Waals surface area contributed by atoms with Gasteiger partial charge in [-0.2, -0.15) is 0 Å². The van der Waals surface area contributed by atoms with Gasteiger partial charge in [0, 0.05) is 18.2 Å². The number of carbonyl (C=O) groups is 1. The minimum Gasteiger partial charge on any atom is -0.493 e. The Kier molecular flexibility index (Phi) is 3.60. The highest BCUT2D eigenvalue weighted by Crippen LogP contribution is 2.27. The summed E-state index contributed by atoms with van der Waals surface area (Å²) in [4.78, 5) is 11.5. The zero-order valence-corrected chi connectivity index (χ0v) is 9.77. The van der Waals surface area contributed by atoms with Gasteiger partial charge >= 0.3 is 0 Å². The lowest BCUT2D eigenvalue weighted by Crippen LogP contribution is -2.07. The summed E-state index contributed by atoms with van der Waals surface area (Å²) in [5.74, 6) is 0.800. The Balaban J connectivity index is 2.01. The molecule has 1 aromatic rings. The molecule has 3 nitrogen and oxygen atoms in total. The monoisotopic (exact) mass is 229 g/mol. The number of carbonyl (C=O) groups excluding carboxylic acids is 1. The summed E-state index contributed by atoms with van der Waals surface area (Å²) < 4.78 is 5.40. The highest BCUT2D eigenvalue weighted by atomic mass is 16.5. The van der Waals surface area contributed by atoms with Gasteiger partial charge in [0.15, 0.2) is 0 Å². The van der Waals surface area contributed by atoms with Crippen molar-refractivity contribution in [3.63, 3.8) is 0 Å². The number of anilines is 1. The van der Waals surface area contributed by atoms with E-state index in [9.17, 15) is 4.79 Å². The number of hydrogen-bond donors (Lipinski definition) is 1. The average molecular weight is 229 g/mol. The van der Waals surface area contributed by atoms with Crippen LogP contribution in [0.1, 0.15) is 12.5 Å². The van der Waals surface area contributed by atoms with Gasteiger partial charge in [-0.3, -0.25) is 4.79 Å². The van der Waals surface area contributed by atoms with E-state index in [1.807, 2.05) is 37.3 Å². The standard InChI is InChI=1S/C14H15NO2/c1-2-3-4-5-14(16)15-12-6-7-13-11(10-12)8-9-17-13/h2-7,10H,8-9H2,1H3,(H,15,16)/b3-2+,5-4+. The first-order chi connectivity index (χ1) is 8.29. The van der Waals surface area contributed by atoms with Gasteiger partial charge in [0.1, 0.15) is 5.75 Å². The van der Waals surface area contributed by atoms with E-state index < -0.39 is 0 Å². The predicted molar refractivity (Wildman–Crippen MR) is 68.2 cm³/mol. The Morgan fingerprint density at radius 1 is 1.41 bits per heavy atom. The van der Waals surface area contributed by atoms with Crippen molar-refractivity contribution in [3.05, 3.63) is 48.1 Å². The number of rotatable bonds is 3. The minimum absolute atomic E-state index is 0.123. The van der Waals surface area contributed by atoms with Gasteiger partial charge in [-0.1, -0.05) is 18.2 Å². The smallest absolute Gasteiger partial charge is 0.248 e. The molecule has 2 rings (SSSR count). The molecule has 1 aliphatic heterocycles.